The molecule has 4 aromatic rings. The number of sulfonamides is 1. The van der Waals surface area contributed by atoms with E-state index in [0.29, 0.717) is 22.7 Å². The molecule has 2 aromatic heterocycles. The maximum absolute atomic E-state index is 14.8. The minimum absolute atomic E-state index is 0.0150. The number of methoxy groups -OCH3 is 3. The molecule has 208 valence electrons. The maximum atomic E-state index is 14.8. The fourth-order valence-corrected chi connectivity index (χ4v) is 5.42. The number of anilines is 1. The Hall–Kier alpha value is -4.54. The van der Waals surface area contributed by atoms with Gasteiger partial charge in [0.2, 0.25) is 16.0 Å². The van der Waals surface area contributed by atoms with Gasteiger partial charge in [-0.25, -0.2) is 12.8 Å². The molecule has 40 heavy (non-hydrogen) atoms. The Kier molecular flexibility index (Phi) is 8.32. The second kappa shape index (κ2) is 11.7. The Labute approximate surface area is 231 Å². The second-order valence-corrected chi connectivity index (χ2v) is 10.8. The predicted octanol–water partition coefficient (Wildman–Crippen LogP) is 4.18. The second-order valence-electron chi connectivity index (χ2n) is 8.80. The monoisotopic (exact) mass is 566 g/mol. The van der Waals surface area contributed by atoms with Crippen molar-refractivity contribution in [2.75, 3.05) is 26.1 Å². The van der Waals surface area contributed by atoms with Gasteiger partial charge in [-0.3, -0.25) is 14.3 Å². The molecule has 0 aliphatic rings. The zero-order valence-corrected chi connectivity index (χ0v) is 23.2. The minimum atomic E-state index is -4.28. The fourth-order valence-electron chi connectivity index (χ4n) is 4.26. The van der Waals surface area contributed by atoms with E-state index < -0.39 is 27.2 Å². The zero-order chi connectivity index (χ0) is 29.0. The predicted molar refractivity (Wildman–Crippen MR) is 145 cm³/mol. The highest BCUT2D eigenvalue weighted by atomic mass is 32.2. The molecule has 2 aromatic carbocycles. The number of hydrogen-bond donors (Lipinski definition) is 1. The van der Waals surface area contributed by atoms with Crippen molar-refractivity contribution in [3.05, 3.63) is 77.4 Å². The molecule has 0 fully saturated rings. The topological polar surface area (TPSA) is 141 Å². The van der Waals surface area contributed by atoms with Crippen LogP contribution in [0.1, 0.15) is 29.7 Å². The van der Waals surface area contributed by atoms with Crippen LogP contribution in [0.2, 0.25) is 0 Å². The Morgan fingerprint density at radius 2 is 1.75 bits per heavy atom. The van der Waals surface area contributed by atoms with Crippen molar-refractivity contribution in [2.45, 2.75) is 25.2 Å². The van der Waals surface area contributed by atoms with Gasteiger partial charge in [0.05, 0.1) is 25.9 Å². The Bertz CT molecular complexity index is 1660. The number of ether oxygens (including phenoxy) is 3. The third kappa shape index (κ3) is 5.45. The molecule has 4 rings (SSSR count). The number of nitriles is 1. The first kappa shape index (κ1) is 28.5. The van der Waals surface area contributed by atoms with Crippen molar-refractivity contribution in [1.82, 2.24) is 19.7 Å². The molecule has 2 atom stereocenters. The molecule has 13 heteroatoms. The van der Waals surface area contributed by atoms with E-state index in [1.54, 1.807) is 30.6 Å². The number of pyridine rings is 1. The summed E-state index contributed by atoms with van der Waals surface area (Å²) in [6.07, 6.45) is 2.04. The Morgan fingerprint density at radius 3 is 2.33 bits per heavy atom. The largest absolute Gasteiger partial charge is 0.494 e. The molecule has 0 saturated carbocycles. The molecule has 11 nitrogen and oxygen atoms in total. The van der Waals surface area contributed by atoms with Crippen molar-refractivity contribution in [1.29, 1.82) is 5.26 Å². The van der Waals surface area contributed by atoms with Gasteiger partial charge in [0, 0.05) is 30.6 Å². The summed E-state index contributed by atoms with van der Waals surface area (Å²) in [7, 11) is -0.0620. The summed E-state index contributed by atoms with van der Waals surface area (Å²) < 4.78 is 62.7. The molecule has 0 amide bonds. The van der Waals surface area contributed by atoms with Crippen LogP contribution < -0.4 is 14.2 Å². The lowest BCUT2D eigenvalue weighted by Crippen LogP contribution is -2.33. The maximum Gasteiger partial charge on any atom is 0.243 e. The number of benzene rings is 2. The molecule has 2 unspecified atom stereocenters. The van der Waals surface area contributed by atoms with Crippen molar-refractivity contribution in [3.8, 4) is 34.6 Å². The first-order valence-corrected chi connectivity index (χ1v) is 13.5. The summed E-state index contributed by atoms with van der Waals surface area (Å²) in [6, 6.07) is 12.5. The molecule has 0 aliphatic heterocycles. The Morgan fingerprint density at radius 1 is 1.05 bits per heavy atom. The minimum Gasteiger partial charge on any atom is -0.494 e. The summed E-state index contributed by atoms with van der Waals surface area (Å²) in [5.41, 5.74) is 1.84. The van der Waals surface area contributed by atoms with Crippen LogP contribution in [0, 0.1) is 24.1 Å². The summed E-state index contributed by atoms with van der Waals surface area (Å²) in [4.78, 5) is 4.23. The molecule has 0 spiro atoms. The molecule has 2 heterocycles. The SMILES string of the molecule is COc1cccc(OC)c1-n1c(NS(=O)(=O)C(C)C(OC)c2ccc(C#N)cc2F)nnc1-c1cncc(C)c1. The number of nitrogens with zero attached hydrogens (tertiary/aromatic N) is 5. The van der Waals surface area contributed by atoms with Gasteiger partial charge < -0.3 is 14.2 Å². The van der Waals surface area contributed by atoms with Crippen LogP contribution in [0.4, 0.5) is 10.3 Å². The van der Waals surface area contributed by atoms with Crippen LogP contribution in [0.15, 0.2) is 54.9 Å². The Balaban J connectivity index is 1.84. The van der Waals surface area contributed by atoms with E-state index >= 15 is 0 Å². The van der Waals surface area contributed by atoms with Gasteiger partial charge in [-0.1, -0.05) is 12.1 Å². The third-order valence-corrected chi connectivity index (χ3v) is 7.95. The average molecular weight is 567 g/mol. The van der Waals surface area contributed by atoms with Gasteiger partial charge >= 0.3 is 0 Å². The van der Waals surface area contributed by atoms with Gasteiger partial charge in [0.1, 0.15) is 34.4 Å². The van der Waals surface area contributed by atoms with Crippen molar-refractivity contribution in [2.24, 2.45) is 0 Å². The van der Waals surface area contributed by atoms with E-state index in [-0.39, 0.29) is 22.9 Å². The molecular formula is C27H27FN6O5S. The van der Waals surface area contributed by atoms with Gasteiger partial charge in [0.15, 0.2) is 5.82 Å². The number of nitrogens with one attached hydrogen (secondary N) is 1. The van der Waals surface area contributed by atoms with Crippen LogP contribution in [-0.2, 0) is 14.8 Å². The molecule has 1 N–H and O–H groups in total. The van der Waals surface area contributed by atoms with E-state index in [4.69, 9.17) is 19.5 Å². The first-order chi connectivity index (χ1) is 19.1. The smallest absolute Gasteiger partial charge is 0.243 e. The molecule has 0 aliphatic carbocycles. The van der Waals surface area contributed by atoms with E-state index in [9.17, 15) is 12.8 Å². The number of rotatable bonds is 10. The van der Waals surface area contributed by atoms with Crippen LogP contribution >= 0.6 is 0 Å². The number of para-hydroxylation sites is 1. The van der Waals surface area contributed by atoms with Crippen molar-refractivity contribution in [3.63, 3.8) is 0 Å². The number of hydrogen-bond acceptors (Lipinski definition) is 9. The summed E-state index contributed by atoms with van der Waals surface area (Å²) in [5, 5.41) is 16.2. The van der Waals surface area contributed by atoms with E-state index in [0.717, 1.165) is 11.6 Å². The van der Waals surface area contributed by atoms with Gasteiger partial charge in [-0.15, -0.1) is 10.2 Å². The third-order valence-electron chi connectivity index (χ3n) is 6.26. The van der Waals surface area contributed by atoms with Crippen molar-refractivity contribution >= 4 is 16.0 Å². The van der Waals surface area contributed by atoms with Gasteiger partial charge in [-0.05, 0) is 49.7 Å². The first-order valence-electron chi connectivity index (χ1n) is 12.0. The summed E-state index contributed by atoms with van der Waals surface area (Å²) in [6.45, 7) is 3.24. The van der Waals surface area contributed by atoms with E-state index in [1.807, 2.05) is 19.1 Å². The lowest BCUT2D eigenvalue weighted by Gasteiger charge is -2.24. The highest BCUT2D eigenvalue weighted by molar-refractivity contribution is 7.93. The van der Waals surface area contributed by atoms with Gasteiger partial charge in [-0.2, -0.15) is 5.26 Å². The standard InChI is InChI=1S/C27H27FN6O5S/c1-16-11-19(15-30-14-16)26-31-32-27(34(26)24-22(37-3)7-6-8-23(24)38-4)33-40(35,36)17(2)25(39-5)20-10-9-18(13-29)12-21(20)28/h6-12,14-15,17,25H,1-5H3,(H,32,33). The van der Waals surface area contributed by atoms with Crippen LogP contribution in [0.25, 0.3) is 17.1 Å². The molecule has 0 radical (unpaired) electrons. The average Bonchev–Trinajstić information content (AvgIpc) is 3.35. The number of halogens is 1. The van der Waals surface area contributed by atoms with Crippen molar-refractivity contribution < 1.29 is 27.0 Å². The number of aromatic nitrogens is 4. The summed E-state index contributed by atoms with van der Waals surface area (Å²) in [5.74, 6) is 0.0732. The van der Waals surface area contributed by atoms with E-state index in [1.165, 1.54) is 45.0 Å². The van der Waals surface area contributed by atoms with Crippen LogP contribution in [-0.4, -0.2) is 54.7 Å². The molecule has 0 saturated heterocycles. The lowest BCUT2D eigenvalue weighted by atomic mass is 10.0. The molecule has 0 bridgehead atoms. The highest BCUT2D eigenvalue weighted by Crippen LogP contribution is 2.38. The highest BCUT2D eigenvalue weighted by Gasteiger charge is 2.35. The fraction of sp³-hybridized carbons (Fsp3) is 0.259. The lowest BCUT2D eigenvalue weighted by molar-refractivity contribution is 0.0992. The summed E-state index contributed by atoms with van der Waals surface area (Å²) >= 11 is 0. The van der Waals surface area contributed by atoms with Crippen LogP contribution in [0.3, 0.4) is 0 Å². The zero-order valence-electron chi connectivity index (χ0n) is 22.4. The van der Waals surface area contributed by atoms with Gasteiger partial charge in [0.25, 0.3) is 0 Å². The van der Waals surface area contributed by atoms with Crippen LogP contribution in [0.5, 0.6) is 11.5 Å². The molecular weight excluding hydrogens is 539 g/mol. The number of aryl methyl sites for hydroxylation is 1. The normalized spacial score (nSPS) is 12.8. The quantitative estimate of drug-likeness (QED) is 0.299. The van der Waals surface area contributed by atoms with E-state index in [2.05, 4.69) is 19.9 Å².